The number of thiophene rings is 1. The number of methoxy groups -OCH3 is 1. The molecule has 0 saturated carbocycles. The molecule has 0 spiro atoms. The maximum absolute atomic E-state index is 12.5. The molecule has 1 aliphatic carbocycles. The lowest BCUT2D eigenvalue weighted by molar-refractivity contribution is 0.0600. The van der Waals surface area contributed by atoms with Gasteiger partial charge >= 0.3 is 5.97 Å². The van der Waals surface area contributed by atoms with Crippen LogP contribution in [0, 0.1) is 0 Å². The number of nitrogens with one attached hydrogen (secondary N) is 1. The molecule has 1 aromatic carbocycles. The molecule has 5 nitrogen and oxygen atoms in total. The minimum absolute atomic E-state index is 0.0726. The van der Waals surface area contributed by atoms with Crippen LogP contribution < -0.4 is 5.32 Å². The Hall–Kier alpha value is -2.60. The summed E-state index contributed by atoms with van der Waals surface area (Å²) < 4.78 is 10.6. The Morgan fingerprint density at radius 3 is 2.85 bits per heavy atom. The quantitative estimate of drug-likeness (QED) is 0.531. The first-order valence-electron chi connectivity index (χ1n) is 8.66. The predicted octanol–water partition coefficient (Wildman–Crippen LogP) is 4.45. The Labute approximate surface area is 155 Å². The van der Waals surface area contributed by atoms with Crippen molar-refractivity contribution < 1.29 is 18.7 Å². The van der Waals surface area contributed by atoms with E-state index >= 15 is 0 Å². The normalized spacial score (nSPS) is 13.4. The van der Waals surface area contributed by atoms with Gasteiger partial charge in [0.15, 0.2) is 5.76 Å². The molecule has 0 atom stereocenters. The molecular weight excluding hydrogens is 350 g/mol. The number of ketones is 1. The van der Waals surface area contributed by atoms with E-state index < -0.39 is 0 Å². The first kappa shape index (κ1) is 16.8. The second-order valence-electron chi connectivity index (χ2n) is 6.33. The van der Waals surface area contributed by atoms with Gasteiger partial charge in [0, 0.05) is 10.3 Å². The summed E-state index contributed by atoms with van der Waals surface area (Å²) in [6.45, 7) is 0.0726. The largest absolute Gasteiger partial charge is 0.465 e. The van der Waals surface area contributed by atoms with Crippen molar-refractivity contribution in [1.29, 1.82) is 0 Å². The molecule has 0 radical (unpaired) electrons. The SMILES string of the molecule is COC(=O)c1c(NCC(=O)c2cc3ccccc3o2)sc2c1CCCC2. The van der Waals surface area contributed by atoms with Crippen LogP contribution in [0.3, 0.4) is 0 Å². The molecule has 1 N–H and O–H groups in total. The van der Waals surface area contributed by atoms with E-state index in [9.17, 15) is 9.59 Å². The number of fused-ring (bicyclic) bond motifs is 2. The number of hydrogen-bond donors (Lipinski definition) is 1. The topological polar surface area (TPSA) is 68.5 Å². The van der Waals surface area contributed by atoms with Crippen LogP contribution in [0.2, 0.25) is 0 Å². The number of carbonyl (C=O) groups excluding carboxylic acids is 2. The average Bonchev–Trinajstić information content (AvgIpc) is 3.26. The summed E-state index contributed by atoms with van der Waals surface area (Å²) in [5.41, 5.74) is 2.36. The molecular formula is C20H19NO4S. The summed E-state index contributed by atoms with van der Waals surface area (Å²) in [4.78, 5) is 26.0. The van der Waals surface area contributed by atoms with Crippen LogP contribution in [0.5, 0.6) is 0 Å². The Bertz CT molecular complexity index is 952. The van der Waals surface area contributed by atoms with Gasteiger partial charge in [0.1, 0.15) is 10.6 Å². The smallest absolute Gasteiger partial charge is 0.341 e. The van der Waals surface area contributed by atoms with Crippen molar-refractivity contribution in [3.05, 3.63) is 52.1 Å². The van der Waals surface area contributed by atoms with E-state index in [4.69, 9.17) is 9.15 Å². The van der Waals surface area contributed by atoms with Gasteiger partial charge in [-0.2, -0.15) is 0 Å². The first-order valence-corrected chi connectivity index (χ1v) is 9.47. The summed E-state index contributed by atoms with van der Waals surface area (Å²) in [5, 5.41) is 4.75. The fourth-order valence-corrected chi connectivity index (χ4v) is 4.65. The van der Waals surface area contributed by atoms with Crippen molar-refractivity contribution in [1.82, 2.24) is 0 Å². The van der Waals surface area contributed by atoms with E-state index in [2.05, 4.69) is 5.32 Å². The summed E-state index contributed by atoms with van der Waals surface area (Å²) >= 11 is 1.55. The predicted molar refractivity (Wildman–Crippen MR) is 101 cm³/mol. The number of hydrogen-bond acceptors (Lipinski definition) is 6. The molecule has 0 fully saturated rings. The van der Waals surface area contributed by atoms with Gasteiger partial charge in [0.25, 0.3) is 0 Å². The lowest BCUT2D eigenvalue weighted by atomic mass is 9.95. The molecule has 0 aliphatic heterocycles. The van der Waals surface area contributed by atoms with Crippen LogP contribution in [0.15, 0.2) is 34.7 Å². The average molecular weight is 369 g/mol. The van der Waals surface area contributed by atoms with E-state index in [0.29, 0.717) is 21.9 Å². The summed E-state index contributed by atoms with van der Waals surface area (Å²) in [5.74, 6) is -0.175. The van der Waals surface area contributed by atoms with Crippen LogP contribution in [-0.2, 0) is 17.6 Å². The van der Waals surface area contributed by atoms with Crippen molar-refractivity contribution >= 4 is 39.1 Å². The standard InChI is InChI=1S/C20H19NO4S/c1-24-20(23)18-13-7-3-5-9-17(13)26-19(18)21-11-14(22)16-10-12-6-2-4-8-15(12)25-16/h2,4,6,8,10,21H,3,5,7,9,11H2,1H3. The number of carbonyl (C=O) groups is 2. The number of esters is 1. The van der Waals surface area contributed by atoms with Gasteiger partial charge in [-0.15, -0.1) is 11.3 Å². The molecule has 3 aromatic rings. The van der Waals surface area contributed by atoms with Crippen molar-refractivity contribution in [2.75, 3.05) is 19.0 Å². The van der Waals surface area contributed by atoms with E-state index in [0.717, 1.165) is 36.6 Å². The zero-order chi connectivity index (χ0) is 18.1. The second-order valence-corrected chi connectivity index (χ2v) is 7.44. The van der Waals surface area contributed by atoms with Crippen LogP contribution >= 0.6 is 11.3 Å². The van der Waals surface area contributed by atoms with Gasteiger partial charge in [-0.05, 0) is 43.4 Å². The van der Waals surface area contributed by atoms with Gasteiger partial charge in [0.2, 0.25) is 5.78 Å². The zero-order valence-electron chi connectivity index (χ0n) is 14.5. The Morgan fingerprint density at radius 1 is 1.23 bits per heavy atom. The summed E-state index contributed by atoms with van der Waals surface area (Å²) in [7, 11) is 1.39. The third kappa shape index (κ3) is 3.01. The molecule has 6 heteroatoms. The second kappa shape index (κ2) is 6.96. The molecule has 0 saturated heterocycles. The van der Waals surface area contributed by atoms with Crippen LogP contribution in [-0.4, -0.2) is 25.4 Å². The highest BCUT2D eigenvalue weighted by atomic mass is 32.1. The highest BCUT2D eigenvalue weighted by molar-refractivity contribution is 7.16. The minimum atomic E-state index is -0.344. The Kier molecular flexibility index (Phi) is 4.51. The van der Waals surface area contributed by atoms with Gasteiger partial charge in [-0.25, -0.2) is 4.79 Å². The van der Waals surface area contributed by atoms with Crippen LogP contribution in [0.1, 0.15) is 44.2 Å². The Balaban J connectivity index is 1.56. The molecule has 26 heavy (non-hydrogen) atoms. The van der Waals surface area contributed by atoms with Crippen molar-refractivity contribution in [3.63, 3.8) is 0 Å². The third-order valence-electron chi connectivity index (χ3n) is 4.67. The fraction of sp³-hybridized carbons (Fsp3) is 0.300. The summed E-state index contributed by atoms with van der Waals surface area (Å²) in [6, 6.07) is 9.27. The highest BCUT2D eigenvalue weighted by Crippen LogP contribution is 2.38. The molecule has 0 amide bonds. The van der Waals surface area contributed by atoms with Crippen molar-refractivity contribution in [2.24, 2.45) is 0 Å². The Morgan fingerprint density at radius 2 is 2.04 bits per heavy atom. The highest BCUT2D eigenvalue weighted by Gasteiger charge is 2.26. The number of furan rings is 1. The number of rotatable bonds is 5. The monoisotopic (exact) mass is 369 g/mol. The van der Waals surface area contributed by atoms with Gasteiger partial charge < -0.3 is 14.5 Å². The van der Waals surface area contributed by atoms with E-state index in [1.807, 2.05) is 24.3 Å². The van der Waals surface area contributed by atoms with E-state index in [1.165, 1.54) is 12.0 Å². The third-order valence-corrected chi connectivity index (χ3v) is 5.92. The first-order chi connectivity index (χ1) is 12.7. The summed E-state index contributed by atoms with van der Waals surface area (Å²) in [6.07, 6.45) is 4.06. The molecule has 4 rings (SSSR count). The lowest BCUT2D eigenvalue weighted by Crippen LogP contribution is -2.15. The number of anilines is 1. The number of aryl methyl sites for hydroxylation is 1. The van der Waals surface area contributed by atoms with Crippen LogP contribution in [0.4, 0.5) is 5.00 Å². The van der Waals surface area contributed by atoms with Crippen LogP contribution in [0.25, 0.3) is 11.0 Å². The molecule has 2 aromatic heterocycles. The maximum atomic E-state index is 12.5. The van der Waals surface area contributed by atoms with E-state index in [-0.39, 0.29) is 18.3 Å². The molecule has 134 valence electrons. The lowest BCUT2D eigenvalue weighted by Gasteiger charge is -2.11. The van der Waals surface area contributed by atoms with Crippen molar-refractivity contribution in [3.8, 4) is 0 Å². The zero-order valence-corrected chi connectivity index (χ0v) is 15.3. The maximum Gasteiger partial charge on any atom is 0.341 e. The molecule has 0 bridgehead atoms. The molecule has 0 unspecified atom stereocenters. The number of ether oxygens (including phenoxy) is 1. The minimum Gasteiger partial charge on any atom is -0.465 e. The fourth-order valence-electron chi connectivity index (χ4n) is 3.38. The van der Waals surface area contributed by atoms with Gasteiger partial charge in [-0.3, -0.25) is 4.79 Å². The van der Waals surface area contributed by atoms with E-state index in [1.54, 1.807) is 17.4 Å². The van der Waals surface area contributed by atoms with Crippen molar-refractivity contribution in [2.45, 2.75) is 25.7 Å². The molecule has 2 heterocycles. The van der Waals surface area contributed by atoms with Gasteiger partial charge in [0.05, 0.1) is 19.2 Å². The molecule has 1 aliphatic rings. The number of Topliss-reactive ketones (excluding diaryl/α,β-unsaturated/α-hetero) is 1. The van der Waals surface area contributed by atoms with Gasteiger partial charge in [-0.1, -0.05) is 18.2 Å². The number of benzene rings is 1. The number of para-hydroxylation sites is 1.